The summed E-state index contributed by atoms with van der Waals surface area (Å²) < 4.78 is 26.2. The van der Waals surface area contributed by atoms with Gasteiger partial charge in [0.2, 0.25) is 0 Å². The van der Waals surface area contributed by atoms with Crippen molar-refractivity contribution in [2.75, 3.05) is 35.0 Å². The van der Waals surface area contributed by atoms with Crippen LogP contribution < -0.4 is 18.9 Å². The summed E-state index contributed by atoms with van der Waals surface area (Å²) in [5.41, 5.74) is 1.66. The lowest BCUT2D eigenvalue weighted by molar-refractivity contribution is -0.136. The zero-order valence-corrected chi connectivity index (χ0v) is 16.4. The lowest BCUT2D eigenvalue weighted by Crippen LogP contribution is -2.00. The fourth-order valence-corrected chi connectivity index (χ4v) is 2.42. The lowest BCUT2D eigenvalue weighted by atomic mass is 10.1. The highest BCUT2D eigenvalue weighted by Crippen LogP contribution is 2.35. The maximum Gasteiger partial charge on any atom is 0.331 e. The number of hydrogen-bond acceptors (Lipinski definition) is 6. The monoisotopic (exact) mass is 384 g/mol. The van der Waals surface area contributed by atoms with Gasteiger partial charge in [-0.15, -0.1) is 0 Å². The van der Waals surface area contributed by atoms with Gasteiger partial charge < -0.3 is 23.7 Å². The highest BCUT2D eigenvalue weighted by Gasteiger charge is 2.09. The first-order chi connectivity index (χ1) is 13.6. The van der Waals surface area contributed by atoms with Gasteiger partial charge in [-0.3, -0.25) is 0 Å². The molecular formula is C22H24O6. The van der Waals surface area contributed by atoms with E-state index in [0.29, 0.717) is 17.2 Å². The number of carbonyl (C=O) groups is 1. The predicted octanol–water partition coefficient (Wildman–Crippen LogP) is 3.99. The predicted molar refractivity (Wildman–Crippen MR) is 108 cm³/mol. The van der Waals surface area contributed by atoms with Gasteiger partial charge in [-0.25, -0.2) is 4.79 Å². The van der Waals surface area contributed by atoms with Crippen molar-refractivity contribution in [3.63, 3.8) is 0 Å². The molecule has 6 heteroatoms. The number of benzene rings is 2. The summed E-state index contributed by atoms with van der Waals surface area (Å²) in [6, 6.07) is 10.9. The molecule has 0 radical (unpaired) electrons. The Morgan fingerprint density at radius 3 is 2.07 bits per heavy atom. The third-order valence-corrected chi connectivity index (χ3v) is 3.88. The molecule has 0 fully saturated rings. The molecule has 28 heavy (non-hydrogen) atoms. The van der Waals surface area contributed by atoms with Gasteiger partial charge in [0, 0.05) is 17.7 Å². The van der Waals surface area contributed by atoms with Crippen LogP contribution in [0.4, 0.5) is 0 Å². The second-order valence-corrected chi connectivity index (χ2v) is 5.59. The number of carbonyl (C=O) groups excluding carboxylic acids is 1. The van der Waals surface area contributed by atoms with Crippen LogP contribution in [0.25, 0.3) is 12.2 Å². The molecule has 6 nitrogen and oxygen atoms in total. The number of rotatable bonds is 9. The van der Waals surface area contributed by atoms with Crippen molar-refractivity contribution in [3.05, 3.63) is 59.7 Å². The van der Waals surface area contributed by atoms with Crippen LogP contribution in [-0.4, -0.2) is 41.0 Å². The highest BCUT2D eigenvalue weighted by atomic mass is 16.5. The number of ether oxygens (including phenoxy) is 5. The normalized spacial score (nSPS) is 10.9. The Kier molecular flexibility index (Phi) is 7.96. The minimum absolute atomic E-state index is 0.128. The molecule has 0 aromatic heterocycles. The second-order valence-electron chi connectivity index (χ2n) is 5.59. The number of hydrogen-bond donors (Lipinski definition) is 0. The number of methoxy groups -OCH3 is 4. The lowest BCUT2D eigenvalue weighted by Gasteiger charge is -2.12. The van der Waals surface area contributed by atoms with Crippen LogP contribution in [0.5, 0.6) is 23.0 Å². The largest absolute Gasteiger partial charge is 0.497 e. The van der Waals surface area contributed by atoms with Crippen LogP contribution in [0.1, 0.15) is 11.1 Å². The smallest absolute Gasteiger partial charge is 0.331 e. The molecule has 0 saturated heterocycles. The molecule has 0 atom stereocenters. The SMILES string of the molecule is COc1ccc(/C=C/C(=O)OC/C=C/c2cc(OC)c(OC)cc2OC)cc1. The van der Waals surface area contributed by atoms with E-state index in [4.69, 9.17) is 23.7 Å². The van der Waals surface area contributed by atoms with E-state index in [9.17, 15) is 4.79 Å². The minimum atomic E-state index is -0.431. The average Bonchev–Trinajstić information content (AvgIpc) is 2.74. The molecule has 0 heterocycles. The summed E-state index contributed by atoms with van der Waals surface area (Å²) >= 11 is 0. The minimum Gasteiger partial charge on any atom is -0.497 e. The summed E-state index contributed by atoms with van der Waals surface area (Å²) in [5, 5.41) is 0. The molecule has 148 valence electrons. The van der Waals surface area contributed by atoms with Crippen LogP contribution in [-0.2, 0) is 9.53 Å². The van der Waals surface area contributed by atoms with E-state index in [1.54, 1.807) is 58.8 Å². The van der Waals surface area contributed by atoms with Crippen molar-refractivity contribution < 1.29 is 28.5 Å². The molecular weight excluding hydrogens is 360 g/mol. The fourth-order valence-electron chi connectivity index (χ4n) is 2.42. The van der Waals surface area contributed by atoms with Crippen molar-refractivity contribution in [2.45, 2.75) is 0 Å². The molecule has 0 saturated carbocycles. The first-order valence-electron chi connectivity index (χ1n) is 8.56. The topological polar surface area (TPSA) is 63.2 Å². The molecule has 0 N–H and O–H groups in total. The maximum atomic E-state index is 11.8. The molecule has 0 unspecified atom stereocenters. The quantitative estimate of drug-likeness (QED) is 0.481. The Morgan fingerprint density at radius 1 is 0.821 bits per heavy atom. The zero-order chi connectivity index (χ0) is 20.4. The molecule has 0 amide bonds. The Labute approximate surface area is 164 Å². The third-order valence-electron chi connectivity index (χ3n) is 3.88. The van der Waals surface area contributed by atoms with Crippen LogP contribution in [0.15, 0.2) is 48.6 Å². The van der Waals surface area contributed by atoms with E-state index in [1.165, 1.54) is 6.08 Å². The van der Waals surface area contributed by atoms with Crippen LogP contribution in [0.3, 0.4) is 0 Å². The van der Waals surface area contributed by atoms with E-state index < -0.39 is 5.97 Å². The first-order valence-corrected chi connectivity index (χ1v) is 8.56. The summed E-state index contributed by atoms with van der Waals surface area (Å²) in [4.78, 5) is 11.8. The van der Waals surface area contributed by atoms with Crippen molar-refractivity contribution >= 4 is 18.1 Å². The third kappa shape index (κ3) is 5.81. The second kappa shape index (κ2) is 10.7. The van der Waals surface area contributed by atoms with E-state index in [-0.39, 0.29) is 6.61 Å². The van der Waals surface area contributed by atoms with E-state index in [1.807, 2.05) is 24.3 Å². The molecule has 2 aromatic carbocycles. The van der Waals surface area contributed by atoms with Gasteiger partial charge in [-0.1, -0.05) is 18.2 Å². The van der Waals surface area contributed by atoms with Crippen LogP contribution >= 0.6 is 0 Å². The van der Waals surface area contributed by atoms with Crippen molar-refractivity contribution in [3.8, 4) is 23.0 Å². The molecule has 0 aliphatic rings. The van der Waals surface area contributed by atoms with E-state index in [2.05, 4.69) is 0 Å². The van der Waals surface area contributed by atoms with Crippen LogP contribution in [0, 0.1) is 0 Å². The Bertz CT molecular complexity index is 837. The summed E-state index contributed by atoms with van der Waals surface area (Å²) in [6.45, 7) is 0.128. The van der Waals surface area contributed by atoms with Crippen molar-refractivity contribution in [2.24, 2.45) is 0 Å². The Balaban J connectivity index is 1.93. The van der Waals surface area contributed by atoms with Gasteiger partial charge >= 0.3 is 5.97 Å². The molecule has 2 aromatic rings. The first kappa shape index (κ1) is 20.9. The van der Waals surface area contributed by atoms with Gasteiger partial charge in [0.15, 0.2) is 11.5 Å². The standard InChI is InChI=1S/C22H24O6/c1-24-18-10-7-16(8-11-18)9-12-22(23)28-13-5-6-17-14-20(26-3)21(27-4)15-19(17)25-2/h5-12,14-15H,13H2,1-4H3/b6-5+,12-9+. The molecule has 0 aliphatic carbocycles. The number of esters is 1. The molecule has 2 rings (SSSR count). The van der Waals surface area contributed by atoms with E-state index >= 15 is 0 Å². The van der Waals surface area contributed by atoms with Gasteiger partial charge in [-0.05, 0) is 35.9 Å². The highest BCUT2D eigenvalue weighted by molar-refractivity contribution is 5.87. The van der Waals surface area contributed by atoms with Crippen molar-refractivity contribution in [1.82, 2.24) is 0 Å². The summed E-state index contributed by atoms with van der Waals surface area (Å²) in [5.74, 6) is 2.11. The van der Waals surface area contributed by atoms with Gasteiger partial charge in [0.25, 0.3) is 0 Å². The van der Waals surface area contributed by atoms with Gasteiger partial charge in [0.1, 0.15) is 18.1 Å². The fraction of sp³-hybridized carbons (Fsp3) is 0.227. The average molecular weight is 384 g/mol. The van der Waals surface area contributed by atoms with Crippen LogP contribution in [0.2, 0.25) is 0 Å². The van der Waals surface area contributed by atoms with E-state index in [0.717, 1.165) is 16.9 Å². The maximum absolute atomic E-state index is 11.8. The Morgan fingerprint density at radius 2 is 1.46 bits per heavy atom. The molecule has 0 aliphatic heterocycles. The summed E-state index contributed by atoms with van der Waals surface area (Å²) in [6.07, 6.45) is 6.58. The zero-order valence-electron chi connectivity index (χ0n) is 16.4. The van der Waals surface area contributed by atoms with Crippen molar-refractivity contribution in [1.29, 1.82) is 0 Å². The Hall–Kier alpha value is -3.41. The summed E-state index contributed by atoms with van der Waals surface area (Å²) in [7, 11) is 6.30. The van der Waals surface area contributed by atoms with Gasteiger partial charge in [-0.2, -0.15) is 0 Å². The molecule has 0 bridgehead atoms. The van der Waals surface area contributed by atoms with Gasteiger partial charge in [0.05, 0.1) is 28.4 Å². The molecule has 0 spiro atoms.